The van der Waals surface area contributed by atoms with Crippen LogP contribution >= 0.6 is 0 Å². The van der Waals surface area contributed by atoms with Gasteiger partial charge in [0.1, 0.15) is 5.82 Å². The highest BCUT2D eigenvalue weighted by Gasteiger charge is 2.35. The Bertz CT molecular complexity index is 818. The summed E-state index contributed by atoms with van der Waals surface area (Å²) in [6.45, 7) is 7.17. The molecule has 0 bridgehead atoms. The van der Waals surface area contributed by atoms with Crippen molar-refractivity contribution in [1.29, 1.82) is 0 Å². The van der Waals surface area contributed by atoms with Crippen LogP contribution < -0.4 is 5.32 Å². The molecule has 1 aliphatic rings. The fraction of sp³-hybridized carbons (Fsp3) is 0.579. The second-order valence-corrected chi connectivity index (χ2v) is 9.91. The van der Waals surface area contributed by atoms with E-state index in [9.17, 15) is 22.4 Å². The molecule has 1 fully saturated rings. The Morgan fingerprint density at radius 1 is 1.25 bits per heavy atom. The summed E-state index contributed by atoms with van der Waals surface area (Å²) in [5.41, 5.74) is -0.456. The summed E-state index contributed by atoms with van der Waals surface area (Å²) in [7, 11) is -3.83. The number of hydrogen-bond donors (Lipinski definition) is 1. The molecule has 0 unspecified atom stereocenters. The SMILES string of the molecule is C[C@H](OC(=O)[C@H]1CCCN(S(=O)(=O)c2ccc(F)cc2)C1)C(=O)NC(C)(C)C. The zero-order chi connectivity index (χ0) is 21.1. The van der Waals surface area contributed by atoms with Crippen LogP contribution in [0.15, 0.2) is 29.2 Å². The lowest BCUT2D eigenvalue weighted by atomic mass is 10.00. The smallest absolute Gasteiger partial charge is 0.311 e. The Balaban J connectivity index is 2.03. The Hall–Kier alpha value is -2.00. The van der Waals surface area contributed by atoms with Gasteiger partial charge in [-0.1, -0.05) is 0 Å². The van der Waals surface area contributed by atoms with Crippen LogP contribution in [0.5, 0.6) is 0 Å². The monoisotopic (exact) mass is 414 g/mol. The highest BCUT2D eigenvalue weighted by Crippen LogP contribution is 2.25. The summed E-state index contributed by atoms with van der Waals surface area (Å²) < 4.78 is 45.0. The van der Waals surface area contributed by atoms with Gasteiger partial charge in [0.2, 0.25) is 10.0 Å². The first kappa shape index (κ1) is 22.3. The molecule has 1 heterocycles. The highest BCUT2D eigenvalue weighted by atomic mass is 32.2. The largest absolute Gasteiger partial charge is 0.452 e. The molecule has 2 atom stereocenters. The summed E-state index contributed by atoms with van der Waals surface area (Å²) in [6, 6.07) is 4.56. The molecule has 1 N–H and O–H groups in total. The van der Waals surface area contributed by atoms with Crippen molar-refractivity contribution in [2.75, 3.05) is 13.1 Å². The second-order valence-electron chi connectivity index (χ2n) is 7.97. The van der Waals surface area contributed by atoms with E-state index < -0.39 is 45.3 Å². The van der Waals surface area contributed by atoms with Crippen LogP contribution in [0.2, 0.25) is 0 Å². The molecule has 0 radical (unpaired) electrons. The van der Waals surface area contributed by atoms with Gasteiger partial charge in [-0.3, -0.25) is 9.59 Å². The lowest BCUT2D eigenvalue weighted by molar-refractivity contribution is -0.160. The molecule has 1 saturated heterocycles. The predicted octanol–water partition coefficient (Wildman–Crippen LogP) is 2.07. The molecule has 156 valence electrons. The summed E-state index contributed by atoms with van der Waals surface area (Å²) >= 11 is 0. The molecule has 0 aromatic heterocycles. The Kier molecular flexibility index (Phi) is 6.82. The minimum absolute atomic E-state index is 0.0270. The number of nitrogens with one attached hydrogen (secondary N) is 1. The average Bonchev–Trinajstić information content (AvgIpc) is 2.60. The summed E-state index contributed by atoms with van der Waals surface area (Å²) in [4.78, 5) is 24.5. The standard InChI is InChI=1S/C19H27FN2O5S/c1-13(17(23)21-19(2,3)4)27-18(24)14-6-5-11-22(12-14)28(25,26)16-9-7-15(20)8-10-16/h7-10,13-14H,5-6,11-12H2,1-4H3,(H,21,23)/t13-,14-/m0/s1. The normalized spacial score (nSPS) is 19.7. The van der Waals surface area contributed by atoms with E-state index >= 15 is 0 Å². The molecular weight excluding hydrogens is 387 g/mol. The Morgan fingerprint density at radius 2 is 1.86 bits per heavy atom. The van der Waals surface area contributed by atoms with E-state index in [2.05, 4.69) is 5.32 Å². The third-order valence-electron chi connectivity index (χ3n) is 4.33. The van der Waals surface area contributed by atoms with Gasteiger partial charge in [-0.25, -0.2) is 12.8 Å². The molecule has 28 heavy (non-hydrogen) atoms. The van der Waals surface area contributed by atoms with E-state index in [1.807, 2.05) is 20.8 Å². The first-order valence-electron chi connectivity index (χ1n) is 9.18. The van der Waals surface area contributed by atoms with Crippen LogP contribution in [0.3, 0.4) is 0 Å². The van der Waals surface area contributed by atoms with E-state index in [1.165, 1.54) is 23.4 Å². The highest BCUT2D eigenvalue weighted by molar-refractivity contribution is 7.89. The zero-order valence-electron chi connectivity index (χ0n) is 16.6. The molecule has 1 aliphatic heterocycles. The van der Waals surface area contributed by atoms with Crippen molar-refractivity contribution in [2.24, 2.45) is 5.92 Å². The van der Waals surface area contributed by atoms with Gasteiger partial charge in [0.15, 0.2) is 6.10 Å². The minimum atomic E-state index is -3.83. The van der Waals surface area contributed by atoms with E-state index in [0.29, 0.717) is 12.8 Å². The molecule has 7 nitrogen and oxygen atoms in total. The van der Waals surface area contributed by atoms with Crippen LogP contribution in [-0.4, -0.2) is 49.3 Å². The topological polar surface area (TPSA) is 92.8 Å². The van der Waals surface area contributed by atoms with Crippen molar-refractivity contribution in [2.45, 2.75) is 57.1 Å². The lowest BCUT2D eigenvalue weighted by Gasteiger charge is -2.31. The number of sulfonamides is 1. The van der Waals surface area contributed by atoms with E-state index in [0.717, 1.165) is 12.1 Å². The number of halogens is 1. The van der Waals surface area contributed by atoms with Crippen LogP contribution in [-0.2, 0) is 24.3 Å². The Labute approximate surface area is 165 Å². The van der Waals surface area contributed by atoms with Crippen LogP contribution in [0.1, 0.15) is 40.5 Å². The van der Waals surface area contributed by atoms with Crippen LogP contribution in [0.4, 0.5) is 4.39 Å². The van der Waals surface area contributed by atoms with Gasteiger partial charge in [0.25, 0.3) is 5.91 Å². The quantitative estimate of drug-likeness (QED) is 0.745. The van der Waals surface area contributed by atoms with Gasteiger partial charge in [-0.15, -0.1) is 0 Å². The number of amides is 1. The maximum absolute atomic E-state index is 13.1. The van der Waals surface area contributed by atoms with Crippen molar-refractivity contribution in [1.82, 2.24) is 9.62 Å². The van der Waals surface area contributed by atoms with Crippen LogP contribution in [0.25, 0.3) is 0 Å². The van der Waals surface area contributed by atoms with Gasteiger partial charge in [0, 0.05) is 18.6 Å². The number of rotatable bonds is 5. The molecular formula is C19H27FN2O5S. The van der Waals surface area contributed by atoms with E-state index in [1.54, 1.807) is 0 Å². The maximum Gasteiger partial charge on any atom is 0.311 e. The van der Waals surface area contributed by atoms with Crippen molar-refractivity contribution in [3.8, 4) is 0 Å². The molecule has 1 aromatic rings. The number of esters is 1. The lowest BCUT2D eigenvalue weighted by Crippen LogP contribution is -2.48. The molecule has 9 heteroatoms. The van der Waals surface area contributed by atoms with Crippen molar-refractivity contribution < 1.29 is 27.1 Å². The number of carbonyl (C=O) groups is 2. The second kappa shape index (κ2) is 8.57. The number of nitrogens with zero attached hydrogens (tertiary/aromatic N) is 1. The summed E-state index contributed by atoms with van der Waals surface area (Å²) in [5.74, 6) is -2.20. The third-order valence-corrected chi connectivity index (χ3v) is 6.21. The fourth-order valence-electron chi connectivity index (χ4n) is 2.90. The van der Waals surface area contributed by atoms with Gasteiger partial charge in [-0.2, -0.15) is 4.31 Å². The maximum atomic E-state index is 13.1. The van der Waals surface area contributed by atoms with E-state index in [-0.39, 0.29) is 18.0 Å². The average molecular weight is 414 g/mol. The predicted molar refractivity (Wildman–Crippen MR) is 101 cm³/mol. The van der Waals surface area contributed by atoms with Gasteiger partial charge < -0.3 is 10.1 Å². The first-order chi connectivity index (χ1) is 12.9. The zero-order valence-corrected chi connectivity index (χ0v) is 17.4. The third kappa shape index (κ3) is 5.75. The molecule has 1 aromatic carbocycles. The van der Waals surface area contributed by atoms with Crippen molar-refractivity contribution in [3.05, 3.63) is 30.1 Å². The minimum Gasteiger partial charge on any atom is -0.452 e. The van der Waals surface area contributed by atoms with E-state index in [4.69, 9.17) is 4.74 Å². The van der Waals surface area contributed by atoms with Crippen molar-refractivity contribution >= 4 is 21.9 Å². The molecule has 1 amide bonds. The van der Waals surface area contributed by atoms with Crippen LogP contribution in [0, 0.1) is 11.7 Å². The van der Waals surface area contributed by atoms with Gasteiger partial charge >= 0.3 is 5.97 Å². The molecule has 0 spiro atoms. The summed E-state index contributed by atoms with van der Waals surface area (Å²) in [5, 5.41) is 2.73. The van der Waals surface area contributed by atoms with Gasteiger partial charge in [-0.05, 0) is 64.8 Å². The van der Waals surface area contributed by atoms with Gasteiger partial charge in [0.05, 0.1) is 10.8 Å². The summed E-state index contributed by atoms with van der Waals surface area (Å²) in [6.07, 6.45) is -0.0132. The number of benzene rings is 1. The first-order valence-corrected chi connectivity index (χ1v) is 10.6. The molecule has 2 rings (SSSR count). The van der Waals surface area contributed by atoms with Crippen molar-refractivity contribution in [3.63, 3.8) is 0 Å². The number of hydrogen-bond acceptors (Lipinski definition) is 5. The fourth-order valence-corrected chi connectivity index (χ4v) is 4.43. The Morgan fingerprint density at radius 3 is 2.43 bits per heavy atom. The number of piperidine rings is 1. The number of carbonyl (C=O) groups excluding carboxylic acids is 2. The molecule has 0 saturated carbocycles. The number of ether oxygens (including phenoxy) is 1. The molecule has 0 aliphatic carbocycles.